The smallest absolute Gasteiger partial charge is 0.123 e. The molecule has 0 aliphatic carbocycles. The number of rotatable bonds is 0. The molecular weight excluding hydrogens is 76.9 g/mol. The van der Waals surface area contributed by atoms with Crippen LogP contribution in [0, 0.1) is 0 Å². The van der Waals surface area contributed by atoms with E-state index in [0.29, 0.717) is 0 Å². The van der Waals surface area contributed by atoms with Crippen molar-refractivity contribution in [1.82, 2.24) is 5.16 Å². The lowest BCUT2D eigenvalue weighted by Crippen LogP contribution is -1.38. The first-order valence-electron chi connectivity index (χ1n) is 1.34. The van der Waals surface area contributed by atoms with Crippen LogP contribution in [0.15, 0.2) is 23.0 Å². The summed E-state index contributed by atoms with van der Waals surface area (Å²) in [7, 11) is 0. The highest BCUT2D eigenvalue weighted by Crippen LogP contribution is 1.72. The average Bonchev–Trinajstić information content (AvgIpc) is 1.76. The third-order valence-electron chi connectivity index (χ3n) is 0.347. The molecule has 0 atom stereocenters. The molecule has 3 heteroatoms. The van der Waals surface area contributed by atoms with Crippen molar-refractivity contribution in [2.24, 2.45) is 0 Å². The van der Waals surface area contributed by atoms with Gasteiger partial charge in [-0.15, -0.1) is 0 Å². The zero-order valence-electron chi connectivity index (χ0n) is 2.59. The van der Waals surface area contributed by atoms with Gasteiger partial charge >= 0.3 is 0 Å². The van der Waals surface area contributed by atoms with Gasteiger partial charge < -0.3 is 4.52 Å². The van der Waals surface area contributed by atoms with E-state index in [-0.39, 0.29) is 8.41 Å². The van der Waals surface area contributed by atoms with Crippen molar-refractivity contribution in [2.45, 2.75) is 0 Å². The van der Waals surface area contributed by atoms with Crippen LogP contribution in [-0.4, -0.2) is 13.6 Å². The van der Waals surface area contributed by atoms with Crippen LogP contribution in [0.1, 0.15) is 0 Å². The van der Waals surface area contributed by atoms with Crippen molar-refractivity contribution in [1.29, 1.82) is 0 Å². The normalized spacial score (nSPS) is 6.67. The van der Waals surface area contributed by atoms with E-state index < -0.39 is 0 Å². The van der Waals surface area contributed by atoms with E-state index >= 15 is 0 Å². The third kappa shape index (κ3) is 0.927. The Bertz CT molecular complexity index is 67.3. The van der Waals surface area contributed by atoms with Crippen molar-refractivity contribution in [3.05, 3.63) is 18.5 Å². The Balaban J connectivity index is 0.000000250. The Kier molecular flexibility index (Phi) is 2.21. The minimum Gasteiger partial charge on any atom is -0.365 e. The second kappa shape index (κ2) is 2.51. The van der Waals surface area contributed by atoms with Gasteiger partial charge in [0, 0.05) is 0 Å². The molecule has 0 aliphatic heterocycles. The second-order valence-electron chi connectivity index (χ2n) is 0.688. The van der Waals surface area contributed by atoms with Crippen molar-refractivity contribution >= 4 is 8.41 Å². The minimum absolute atomic E-state index is 0. The van der Waals surface area contributed by atoms with Gasteiger partial charge in [-0.2, -0.15) is 0 Å². The lowest BCUT2D eigenvalue weighted by molar-refractivity contribution is 0.420. The maximum absolute atomic E-state index is 4.33. The maximum atomic E-state index is 4.33. The predicted molar refractivity (Wildman–Crippen MR) is 26.4 cm³/mol. The monoisotopic (exact) mass is 83.1 g/mol. The van der Waals surface area contributed by atoms with Gasteiger partial charge in [0.15, 0.2) is 0 Å². The van der Waals surface area contributed by atoms with E-state index in [9.17, 15) is 0 Å². The molecular formula is C3H6BNO. The summed E-state index contributed by atoms with van der Waals surface area (Å²) in [4.78, 5) is 0. The van der Waals surface area contributed by atoms with Gasteiger partial charge in [0.1, 0.15) is 6.26 Å². The Labute approximate surface area is 37.7 Å². The molecule has 0 saturated carbocycles. The molecule has 0 radical (unpaired) electrons. The van der Waals surface area contributed by atoms with E-state index in [4.69, 9.17) is 0 Å². The molecule has 2 nitrogen and oxygen atoms in total. The summed E-state index contributed by atoms with van der Waals surface area (Å²) in [6.45, 7) is 0. The molecule has 0 N–H and O–H groups in total. The molecule has 1 heterocycles. The quantitative estimate of drug-likeness (QED) is 0.395. The molecule has 1 aromatic rings. The van der Waals surface area contributed by atoms with Crippen LogP contribution in [0.2, 0.25) is 0 Å². The molecule has 6 heavy (non-hydrogen) atoms. The van der Waals surface area contributed by atoms with Crippen LogP contribution in [0.5, 0.6) is 0 Å². The maximum Gasteiger partial charge on any atom is 0.123 e. The Morgan fingerprint density at radius 2 is 2.33 bits per heavy atom. The van der Waals surface area contributed by atoms with Crippen LogP contribution in [0.25, 0.3) is 0 Å². The number of hydrogen-bond acceptors (Lipinski definition) is 2. The van der Waals surface area contributed by atoms with Gasteiger partial charge in [-0.25, -0.2) is 0 Å². The van der Waals surface area contributed by atoms with Gasteiger partial charge in [0.25, 0.3) is 0 Å². The summed E-state index contributed by atoms with van der Waals surface area (Å²) in [5.74, 6) is 0. The Morgan fingerprint density at radius 1 is 1.50 bits per heavy atom. The third-order valence-corrected chi connectivity index (χ3v) is 0.347. The molecule has 1 aromatic heterocycles. The van der Waals surface area contributed by atoms with Gasteiger partial charge in [0.2, 0.25) is 0 Å². The fraction of sp³-hybridized carbons (Fsp3) is 0. The molecule has 1 rings (SSSR count). The number of hydrogen-bond donors (Lipinski definition) is 0. The average molecular weight is 82.9 g/mol. The molecule has 0 aliphatic rings. The van der Waals surface area contributed by atoms with Gasteiger partial charge in [-0.1, -0.05) is 5.16 Å². The summed E-state index contributed by atoms with van der Waals surface area (Å²) < 4.78 is 4.33. The largest absolute Gasteiger partial charge is 0.365 e. The lowest BCUT2D eigenvalue weighted by atomic mass is 10.8. The Hall–Kier alpha value is -0.725. The summed E-state index contributed by atoms with van der Waals surface area (Å²) in [6.07, 6.45) is 3.10. The first-order chi connectivity index (χ1) is 2.50. The van der Waals surface area contributed by atoms with E-state index in [1.54, 1.807) is 12.3 Å². The zero-order chi connectivity index (χ0) is 3.54. The van der Waals surface area contributed by atoms with E-state index in [0.717, 1.165) is 0 Å². The molecule has 0 aromatic carbocycles. The van der Waals surface area contributed by atoms with E-state index in [2.05, 4.69) is 9.68 Å². The summed E-state index contributed by atoms with van der Waals surface area (Å²) in [6, 6.07) is 1.72. The highest BCUT2D eigenvalue weighted by Gasteiger charge is 1.60. The SMILES string of the molecule is B.c1cnoc1. The van der Waals surface area contributed by atoms with Crippen molar-refractivity contribution < 1.29 is 4.52 Å². The van der Waals surface area contributed by atoms with Crippen LogP contribution in [0.4, 0.5) is 0 Å². The minimum atomic E-state index is 0. The van der Waals surface area contributed by atoms with Crippen molar-refractivity contribution in [3.63, 3.8) is 0 Å². The number of aromatic nitrogens is 1. The molecule has 32 valence electrons. The van der Waals surface area contributed by atoms with Crippen LogP contribution >= 0.6 is 0 Å². The zero-order valence-corrected chi connectivity index (χ0v) is 2.59. The van der Waals surface area contributed by atoms with Crippen LogP contribution < -0.4 is 0 Å². The van der Waals surface area contributed by atoms with Gasteiger partial charge in [0.05, 0.1) is 14.6 Å². The van der Waals surface area contributed by atoms with Gasteiger partial charge in [-0.05, 0) is 6.07 Å². The van der Waals surface area contributed by atoms with Gasteiger partial charge in [-0.3, -0.25) is 0 Å². The van der Waals surface area contributed by atoms with E-state index in [1.165, 1.54) is 6.26 Å². The van der Waals surface area contributed by atoms with Crippen molar-refractivity contribution in [3.8, 4) is 0 Å². The molecule has 0 saturated heterocycles. The highest BCUT2D eigenvalue weighted by molar-refractivity contribution is 5.75. The lowest BCUT2D eigenvalue weighted by Gasteiger charge is -1.48. The first kappa shape index (κ1) is 5.27. The topological polar surface area (TPSA) is 26.0 Å². The Morgan fingerprint density at radius 3 is 2.50 bits per heavy atom. The summed E-state index contributed by atoms with van der Waals surface area (Å²) in [5, 5.41) is 3.35. The second-order valence-corrected chi connectivity index (χ2v) is 0.688. The molecule has 0 fully saturated rings. The molecule has 0 spiro atoms. The van der Waals surface area contributed by atoms with Crippen LogP contribution in [-0.2, 0) is 0 Å². The molecule has 0 bridgehead atoms. The fourth-order valence-electron chi connectivity index (χ4n) is 0.176. The number of nitrogens with zero attached hydrogens (tertiary/aromatic N) is 1. The first-order valence-corrected chi connectivity index (χ1v) is 1.34. The van der Waals surface area contributed by atoms with Crippen molar-refractivity contribution in [2.75, 3.05) is 0 Å². The molecule has 0 unspecified atom stereocenters. The van der Waals surface area contributed by atoms with Crippen LogP contribution in [0.3, 0.4) is 0 Å². The summed E-state index contributed by atoms with van der Waals surface area (Å²) >= 11 is 0. The van der Waals surface area contributed by atoms with E-state index in [1.807, 2.05) is 0 Å². The fourth-order valence-corrected chi connectivity index (χ4v) is 0.176. The predicted octanol–water partition coefficient (Wildman–Crippen LogP) is -0.509. The summed E-state index contributed by atoms with van der Waals surface area (Å²) in [5.41, 5.74) is 0. The molecule has 0 amide bonds. The highest BCUT2D eigenvalue weighted by atomic mass is 16.5. The standard InChI is InChI=1S/C3H3NO.BH3/c1-2-4-5-3-1;/h1-3H;1H3.